The first-order chi connectivity index (χ1) is 18.0. The third kappa shape index (κ3) is 7.12. The maximum Gasteiger partial charge on any atom is 0.533 e. The first kappa shape index (κ1) is 30.0. The average Bonchev–Trinajstić information content (AvgIpc) is 2.81. The minimum atomic E-state index is -5.02. The van der Waals surface area contributed by atoms with Crippen molar-refractivity contribution in [1.82, 2.24) is 9.88 Å². The summed E-state index contributed by atoms with van der Waals surface area (Å²) >= 11 is 0. The normalized spacial score (nSPS) is 17.6. The monoisotopic (exact) mass is 561 g/mol. The summed E-state index contributed by atoms with van der Waals surface area (Å²) in [5, 5.41) is 1.29. The number of halogens is 6. The fourth-order valence-electron chi connectivity index (χ4n) is 4.43. The highest BCUT2D eigenvalue weighted by molar-refractivity contribution is 5.74. The third-order valence-electron chi connectivity index (χ3n) is 6.20. The van der Waals surface area contributed by atoms with Gasteiger partial charge in [0.25, 0.3) is 0 Å². The van der Waals surface area contributed by atoms with E-state index in [4.69, 9.17) is 9.57 Å². The second kappa shape index (κ2) is 11.3. The summed E-state index contributed by atoms with van der Waals surface area (Å²) in [6.07, 6.45) is -10.9. The second-order valence-corrected chi connectivity index (χ2v) is 9.57. The summed E-state index contributed by atoms with van der Waals surface area (Å²) in [4.78, 5) is 36.2. The van der Waals surface area contributed by atoms with Crippen molar-refractivity contribution >= 4 is 17.9 Å². The number of rotatable bonds is 6. The van der Waals surface area contributed by atoms with Crippen molar-refractivity contribution in [2.45, 2.75) is 84.5 Å². The molecule has 3 rings (SSSR count). The fourth-order valence-corrected chi connectivity index (χ4v) is 4.43. The molecule has 39 heavy (non-hydrogen) atoms. The van der Waals surface area contributed by atoms with E-state index >= 15 is 0 Å². The van der Waals surface area contributed by atoms with Gasteiger partial charge in [0.2, 0.25) is 5.91 Å². The summed E-state index contributed by atoms with van der Waals surface area (Å²) in [5.41, 5.74) is -2.29. The van der Waals surface area contributed by atoms with Crippen LogP contribution >= 0.6 is 0 Å². The van der Waals surface area contributed by atoms with E-state index in [1.807, 2.05) is 0 Å². The van der Waals surface area contributed by atoms with Gasteiger partial charge in [-0.3, -0.25) is 4.79 Å². The minimum Gasteiger partial charge on any atom is -0.430 e. The fraction of sp³-hybridized carbons (Fsp3) is 0.500. The SMILES string of the molecule is CCC1CC(N(Cc2cc(C(F)(F)F)cc(C(F)(F)F)c2)C(C)=O)c2ccc(C)nc2N1OC(=O)OC(C)C. The van der Waals surface area contributed by atoms with Crippen molar-refractivity contribution in [3.05, 3.63) is 58.3 Å². The van der Waals surface area contributed by atoms with Crippen LogP contribution < -0.4 is 5.06 Å². The number of hydrogen-bond donors (Lipinski definition) is 0. The van der Waals surface area contributed by atoms with Gasteiger partial charge < -0.3 is 14.5 Å². The van der Waals surface area contributed by atoms with Crippen molar-refractivity contribution in [2.75, 3.05) is 5.06 Å². The Morgan fingerprint density at radius 2 is 1.67 bits per heavy atom. The largest absolute Gasteiger partial charge is 0.533 e. The molecular weight excluding hydrogens is 532 g/mol. The number of alkyl halides is 6. The van der Waals surface area contributed by atoms with E-state index in [9.17, 15) is 35.9 Å². The smallest absolute Gasteiger partial charge is 0.430 e. The van der Waals surface area contributed by atoms with Gasteiger partial charge in [0.05, 0.1) is 29.3 Å². The predicted octanol–water partition coefficient (Wildman–Crippen LogP) is 6.98. The summed E-state index contributed by atoms with van der Waals surface area (Å²) in [5.74, 6) is -0.369. The number of ether oxygens (including phenoxy) is 1. The highest BCUT2D eigenvalue weighted by atomic mass is 19.4. The molecule has 0 N–H and O–H groups in total. The quantitative estimate of drug-likeness (QED) is 0.280. The van der Waals surface area contributed by atoms with Crippen LogP contribution in [0.3, 0.4) is 0 Å². The van der Waals surface area contributed by atoms with Gasteiger partial charge in [0.15, 0.2) is 5.82 Å². The maximum absolute atomic E-state index is 13.4. The topological polar surface area (TPSA) is 72.0 Å². The van der Waals surface area contributed by atoms with Gasteiger partial charge in [-0.2, -0.15) is 31.4 Å². The number of carbonyl (C=O) groups excluding carboxylic acids is 2. The van der Waals surface area contributed by atoms with E-state index in [1.54, 1.807) is 39.8 Å². The highest BCUT2D eigenvalue weighted by Crippen LogP contribution is 2.42. The van der Waals surface area contributed by atoms with E-state index in [0.29, 0.717) is 29.8 Å². The van der Waals surface area contributed by atoms with Crippen LogP contribution in [0.15, 0.2) is 30.3 Å². The molecule has 2 atom stereocenters. The zero-order valence-electron chi connectivity index (χ0n) is 22.0. The number of benzene rings is 1. The van der Waals surface area contributed by atoms with Gasteiger partial charge in [-0.25, -0.2) is 9.78 Å². The lowest BCUT2D eigenvalue weighted by Crippen LogP contribution is -2.47. The van der Waals surface area contributed by atoms with Crippen molar-refractivity contribution in [2.24, 2.45) is 0 Å². The Hall–Kier alpha value is -3.51. The van der Waals surface area contributed by atoms with E-state index in [1.165, 1.54) is 16.9 Å². The van der Waals surface area contributed by atoms with Crippen LogP contribution in [0, 0.1) is 6.92 Å². The number of aromatic nitrogens is 1. The molecule has 1 aromatic heterocycles. The third-order valence-corrected chi connectivity index (χ3v) is 6.20. The molecule has 1 aliphatic rings. The van der Waals surface area contributed by atoms with Gasteiger partial charge in [0.1, 0.15) is 0 Å². The van der Waals surface area contributed by atoms with Crippen LogP contribution in [-0.4, -0.2) is 34.1 Å². The second-order valence-electron chi connectivity index (χ2n) is 9.57. The molecule has 0 saturated heterocycles. The molecule has 214 valence electrons. The summed E-state index contributed by atoms with van der Waals surface area (Å²) in [6, 6.07) is 3.25. The van der Waals surface area contributed by atoms with Gasteiger partial charge in [-0.15, -0.1) is 0 Å². The van der Waals surface area contributed by atoms with Gasteiger partial charge >= 0.3 is 18.5 Å². The molecule has 0 fully saturated rings. The van der Waals surface area contributed by atoms with E-state index in [0.717, 1.165) is 0 Å². The van der Waals surface area contributed by atoms with Crippen LogP contribution in [0.4, 0.5) is 37.0 Å². The lowest BCUT2D eigenvalue weighted by molar-refractivity contribution is -0.143. The molecular formula is C26H29F6N3O4. The number of hydroxylamine groups is 1. The Morgan fingerprint density at radius 1 is 1.08 bits per heavy atom. The number of pyridine rings is 1. The van der Waals surface area contributed by atoms with Crippen LogP contribution in [-0.2, 0) is 33.3 Å². The molecule has 2 aromatic rings. The Bertz CT molecular complexity index is 1180. The lowest BCUT2D eigenvalue weighted by atomic mass is 9.91. The molecule has 1 aromatic carbocycles. The van der Waals surface area contributed by atoms with Crippen LogP contribution in [0.2, 0.25) is 0 Å². The first-order valence-corrected chi connectivity index (χ1v) is 12.2. The standard InChI is InChI=1S/C26H29F6N3O4/c1-6-20-12-22(21-8-7-15(4)33-23(21)35(20)39-24(37)38-14(2)3)34(16(5)36)13-17-9-18(25(27,28)29)11-19(10-17)26(30,31)32/h7-11,14,20,22H,6,12-13H2,1-5H3. The van der Waals surface area contributed by atoms with Gasteiger partial charge in [-0.05, 0) is 63.4 Å². The molecule has 2 heterocycles. The molecule has 1 amide bonds. The molecule has 1 aliphatic heterocycles. The van der Waals surface area contributed by atoms with Gasteiger partial charge in [-0.1, -0.05) is 13.0 Å². The Morgan fingerprint density at radius 3 is 2.15 bits per heavy atom. The number of aryl methyl sites for hydroxylation is 1. The number of nitrogens with zero attached hydrogens (tertiary/aromatic N) is 3. The van der Waals surface area contributed by atoms with E-state index in [2.05, 4.69) is 4.98 Å². The van der Waals surface area contributed by atoms with Crippen LogP contribution in [0.5, 0.6) is 0 Å². The summed E-state index contributed by atoms with van der Waals surface area (Å²) in [7, 11) is 0. The van der Waals surface area contributed by atoms with Crippen molar-refractivity contribution < 1.29 is 45.5 Å². The van der Waals surface area contributed by atoms with Gasteiger partial charge in [0, 0.05) is 24.7 Å². The molecule has 0 spiro atoms. The summed E-state index contributed by atoms with van der Waals surface area (Å²) in [6.45, 7) is 7.44. The predicted molar refractivity (Wildman–Crippen MR) is 128 cm³/mol. The first-order valence-electron chi connectivity index (χ1n) is 12.2. The number of fused-ring (bicyclic) bond motifs is 1. The van der Waals surface area contributed by atoms with Crippen molar-refractivity contribution in [3.63, 3.8) is 0 Å². The molecule has 0 bridgehead atoms. The maximum atomic E-state index is 13.4. The lowest BCUT2D eigenvalue weighted by Gasteiger charge is -2.42. The Kier molecular flexibility index (Phi) is 8.71. The highest BCUT2D eigenvalue weighted by Gasteiger charge is 2.41. The average molecular weight is 562 g/mol. The number of anilines is 1. The number of amides is 1. The van der Waals surface area contributed by atoms with Crippen LogP contribution in [0.25, 0.3) is 0 Å². The Labute approximate surface area is 221 Å². The molecule has 0 saturated carbocycles. The Balaban J connectivity index is 2.07. The minimum absolute atomic E-state index is 0.0444. The van der Waals surface area contributed by atoms with E-state index < -0.39 is 60.3 Å². The zero-order chi connectivity index (χ0) is 29.3. The molecule has 2 unspecified atom stereocenters. The number of carbonyl (C=O) groups is 2. The summed E-state index contributed by atoms with van der Waals surface area (Å²) < 4.78 is 85.7. The molecule has 0 radical (unpaired) electrons. The molecule has 7 nitrogen and oxygen atoms in total. The number of hydrogen-bond acceptors (Lipinski definition) is 6. The molecule has 13 heteroatoms. The molecule has 0 aliphatic carbocycles. The zero-order valence-corrected chi connectivity index (χ0v) is 22.0. The van der Waals surface area contributed by atoms with Crippen LogP contribution in [0.1, 0.15) is 74.5 Å². The van der Waals surface area contributed by atoms with Crippen molar-refractivity contribution in [1.29, 1.82) is 0 Å². The van der Waals surface area contributed by atoms with Crippen molar-refractivity contribution in [3.8, 4) is 0 Å². The van der Waals surface area contributed by atoms with E-state index in [-0.39, 0.29) is 23.9 Å².